The van der Waals surface area contributed by atoms with Gasteiger partial charge in [0, 0.05) is 18.3 Å². The van der Waals surface area contributed by atoms with E-state index < -0.39 is 0 Å². The Morgan fingerprint density at radius 1 is 1.25 bits per heavy atom. The fourth-order valence-electron chi connectivity index (χ4n) is 2.49. The van der Waals surface area contributed by atoms with Gasteiger partial charge in [-0.05, 0) is 31.9 Å². The van der Waals surface area contributed by atoms with Crippen molar-refractivity contribution in [2.75, 3.05) is 31.7 Å². The molecule has 0 unspecified atom stereocenters. The van der Waals surface area contributed by atoms with Crippen molar-refractivity contribution in [3.63, 3.8) is 0 Å². The molecule has 6 heteroatoms. The molecule has 1 aromatic rings. The lowest BCUT2D eigenvalue weighted by Gasteiger charge is -2.29. The minimum Gasteiger partial charge on any atom is -0.490 e. The van der Waals surface area contributed by atoms with E-state index in [2.05, 4.69) is 17.6 Å². The minimum absolute atomic E-state index is 0.106. The number of morpholine rings is 1. The minimum atomic E-state index is -0.352. The normalized spacial score (nSPS) is 20.5. The van der Waals surface area contributed by atoms with E-state index in [0.717, 1.165) is 12.8 Å². The molecule has 1 aliphatic heterocycles. The highest BCUT2D eigenvalue weighted by Gasteiger charge is 2.28. The van der Waals surface area contributed by atoms with E-state index in [4.69, 9.17) is 14.2 Å². The van der Waals surface area contributed by atoms with E-state index in [1.54, 1.807) is 0 Å². The highest BCUT2D eigenvalue weighted by molar-refractivity contribution is 5.95. The number of carbonyl (C=O) groups excluding carboxylic acids is 1. The predicted molar refractivity (Wildman–Crippen MR) is 93.8 cm³/mol. The van der Waals surface area contributed by atoms with Crippen LogP contribution in [0.15, 0.2) is 18.2 Å². The number of amides is 1. The second-order valence-corrected chi connectivity index (χ2v) is 5.86. The third-order valence-electron chi connectivity index (χ3n) is 3.73. The lowest BCUT2D eigenvalue weighted by molar-refractivity contribution is -0.123. The van der Waals surface area contributed by atoms with Crippen LogP contribution in [0, 0.1) is 0 Å². The van der Waals surface area contributed by atoms with Crippen molar-refractivity contribution < 1.29 is 19.0 Å². The van der Waals surface area contributed by atoms with E-state index in [9.17, 15) is 4.79 Å². The van der Waals surface area contributed by atoms with Gasteiger partial charge in [0.1, 0.15) is 6.04 Å². The quantitative estimate of drug-likeness (QED) is 0.764. The summed E-state index contributed by atoms with van der Waals surface area (Å²) >= 11 is 0. The fraction of sp³-hybridized carbons (Fsp3) is 0.611. The van der Waals surface area contributed by atoms with E-state index >= 15 is 0 Å². The summed E-state index contributed by atoms with van der Waals surface area (Å²) in [5.41, 5.74) is 0.689. The molecule has 134 valence electrons. The van der Waals surface area contributed by atoms with Gasteiger partial charge in [0.2, 0.25) is 5.91 Å². The number of hydrogen-bond acceptors (Lipinski definition) is 5. The van der Waals surface area contributed by atoms with Gasteiger partial charge < -0.3 is 24.8 Å². The monoisotopic (exact) mass is 336 g/mol. The first-order valence-electron chi connectivity index (χ1n) is 8.71. The molecule has 0 aromatic heterocycles. The molecule has 0 bridgehead atoms. The molecule has 1 heterocycles. The van der Waals surface area contributed by atoms with Crippen LogP contribution in [0.5, 0.6) is 11.5 Å². The number of benzene rings is 1. The Morgan fingerprint density at radius 2 is 1.96 bits per heavy atom. The molecule has 1 aromatic carbocycles. The van der Waals surface area contributed by atoms with Crippen LogP contribution in [0.2, 0.25) is 0 Å². The van der Waals surface area contributed by atoms with Gasteiger partial charge >= 0.3 is 0 Å². The summed E-state index contributed by atoms with van der Waals surface area (Å²) in [6.07, 6.45) is 1.68. The third kappa shape index (κ3) is 5.11. The third-order valence-corrected chi connectivity index (χ3v) is 3.73. The predicted octanol–water partition coefficient (Wildman–Crippen LogP) is 2.58. The summed E-state index contributed by atoms with van der Waals surface area (Å²) in [7, 11) is 0. The molecular weight excluding hydrogens is 308 g/mol. The van der Waals surface area contributed by atoms with E-state index in [0.29, 0.717) is 43.6 Å². The number of carbonyl (C=O) groups is 1. The van der Waals surface area contributed by atoms with Crippen molar-refractivity contribution in [2.24, 2.45) is 0 Å². The van der Waals surface area contributed by atoms with Crippen LogP contribution >= 0.6 is 0 Å². The standard InChI is InChI=1S/C18H28N2O4/c1-4-9-23-15-7-6-14(12-16(15)24-10-5-2)20-18(21)17-13(3)22-11-8-19-17/h6-7,12-13,17,19H,4-5,8-11H2,1-3H3,(H,20,21)/t13-,17+/m1/s1. The highest BCUT2D eigenvalue weighted by Crippen LogP contribution is 2.31. The van der Waals surface area contributed by atoms with Crippen LogP contribution < -0.4 is 20.1 Å². The first-order chi connectivity index (χ1) is 11.7. The smallest absolute Gasteiger partial charge is 0.244 e. The zero-order chi connectivity index (χ0) is 17.4. The van der Waals surface area contributed by atoms with E-state index in [1.165, 1.54) is 0 Å². The zero-order valence-corrected chi connectivity index (χ0v) is 14.8. The largest absolute Gasteiger partial charge is 0.490 e. The second kappa shape index (κ2) is 9.49. The Labute approximate surface area is 143 Å². The Balaban J connectivity index is 2.07. The molecule has 0 radical (unpaired) electrons. The van der Waals surface area contributed by atoms with Crippen molar-refractivity contribution in [3.8, 4) is 11.5 Å². The number of nitrogens with one attached hydrogen (secondary N) is 2. The molecule has 0 spiro atoms. The Bertz CT molecular complexity index is 536. The summed E-state index contributed by atoms with van der Waals surface area (Å²) in [5.74, 6) is 1.26. The Hall–Kier alpha value is -1.79. The molecule has 1 amide bonds. The summed E-state index contributed by atoms with van der Waals surface area (Å²) in [4.78, 5) is 12.4. The van der Waals surface area contributed by atoms with Gasteiger partial charge in [-0.2, -0.15) is 0 Å². The van der Waals surface area contributed by atoms with Crippen LogP contribution in [-0.2, 0) is 9.53 Å². The summed E-state index contributed by atoms with van der Waals surface area (Å²) in [6, 6.07) is 5.13. The first kappa shape index (κ1) is 18.5. The molecule has 24 heavy (non-hydrogen) atoms. The van der Waals surface area contributed by atoms with Crippen LogP contribution in [0.25, 0.3) is 0 Å². The van der Waals surface area contributed by atoms with Gasteiger partial charge in [-0.3, -0.25) is 4.79 Å². The van der Waals surface area contributed by atoms with Crippen LogP contribution in [0.4, 0.5) is 5.69 Å². The maximum atomic E-state index is 12.4. The molecule has 6 nitrogen and oxygen atoms in total. The number of hydrogen-bond donors (Lipinski definition) is 2. The fourth-order valence-corrected chi connectivity index (χ4v) is 2.49. The molecule has 0 aliphatic carbocycles. The van der Waals surface area contributed by atoms with Gasteiger partial charge in [-0.25, -0.2) is 0 Å². The summed E-state index contributed by atoms with van der Waals surface area (Å²) < 4.78 is 17.0. The molecule has 0 saturated carbocycles. The highest BCUT2D eigenvalue weighted by atomic mass is 16.5. The van der Waals surface area contributed by atoms with Gasteiger partial charge in [0.15, 0.2) is 11.5 Å². The number of anilines is 1. The lowest BCUT2D eigenvalue weighted by Crippen LogP contribution is -2.53. The Kier molecular flexibility index (Phi) is 7.34. The number of rotatable bonds is 8. The van der Waals surface area contributed by atoms with Crippen molar-refractivity contribution in [1.29, 1.82) is 0 Å². The molecule has 2 rings (SSSR count). The van der Waals surface area contributed by atoms with Crippen molar-refractivity contribution in [3.05, 3.63) is 18.2 Å². The summed E-state index contributed by atoms with van der Waals surface area (Å²) in [6.45, 7) is 8.55. The first-order valence-corrected chi connectivity index (χ1v) is 8.71. The van der Waals surface area contributed by atoms with E-state index in [1.807, 2.05) is 32.0 Å². The average molecular weight is 336 g/mol. The van der Waals surface area contributed by atoms with Gasteiger partial charge in [-0.15, -0.1) is 0 Å². The molecule has 2 N–H and O–H groups in total. The Morgan fingerprint density at radius 3 is 2.62 bits per heavy atom. The summed E-state index contributed by atoms with van der Waals surface area (Å²) in [5, 5.41) is 6.11. The zero-order valence-electron chi connectivity index (χ0n) is 14.8. The molecule has 1 fully saturated rings. The molecule has 2 atom stereocenters. The maximum Gasteiger partial charge on any atom is 0.244 e. The second-order valence-electron chi connectivity index (χ2n) is 5.86. The van der Waals surface area contributed by atoms with Gasteiger partial charge in [-0.1, -0.05) is 13.8 Å². The van der Waals surface area contributed by atoms with Gasteiger partial charge in [0.25, 0.3) is 0 Å². The van der Waals surface area contributed by atoms with Crippen molar-refractivity contribution >= 4 is 11.6 Å². The van der Waals surface area contributed by atoms with Gasteiger partial charge in [0.05, 0.1) is 25.9 Å². The van der Waals surface area contributed by atoms with Crippen molar-refractivity contribution in [2.45, 2.75) is 45.8 Å². The molecule has 1 aliphatic rings. The van der Waals surface area contributed by atoms with Crippen molar-refractivity contribution in [1.82, 2.24) is 5.32 Å². The van der Waals surface area contributed by atoms with Crippen LogP contribution in [-0.4, -0.2) is 44.4 Å². The van der Waals surface area contributed by atoms with Crippen LogP contribution in [0.1, 0.15) is 33.6 Å². The van der Waals surface area contributed by atoms with Crippen LogP contribution in [0.3, 0.4) is 0 Å². The molecule has 1 saturated heterocycles. The topological polar surface area (TPSA) is 68.8 Å². The molecular formula is C18H28N2O4. The number of ether oxygens (including phenoxy) is 3. The maximum absolute atomic E-state index is 12.4. The van der Waals surface area contributed by atoms with E-state index in [-0.39, 0.29) is 18.1 Å². The SMILES string of the molecule is CCCOc1ccc(NC(=O)[C@H]2NCCO[C@@H]2C)cc1OCCC. The average Bonchev–Trinajstić information content (AvgIpc) is 2.59. The lowest BCUT2D eigenvalue weighted by atomic mass is 10.1.